The summed E-state index contributed by atoms with van der Waals surface area (Å²) >= 11 is 1.68. The summed E-state index contributed by atoms with van der Waals surface area (Å²) in [4.78, 5) is 15.0. The molecule has 1 aromatic heterocycles. The lowest BCUT2D eigenvalue weighted by Crippen LogP contribution is -2.50. The highest BCUT2D eigenvalue weighted by molar-refractivity contribution is 7.18. The fourth-order valence-corrected chi connectivity index (χ4v) is 5.35. The van der Waals surface area contributed by atoms with Crippen molar-refractivity contribution in [1.82, 2.24) is 14.8 Å². The Morgan fingerprint density at radius 3 is 2.65 bits per heavy atom. The van der Waals surface area contributed by atoms with E-state index in [1.54, 1.807) is 11.3 Å². The molecule has 0 aliphatic carbocycles. The molecule has 1 saturated heterocycles. The van der Waals surface area contributed by atoms with Crippen molar-refractivity contribution in [2.75, 3.05) is 45.9 Å². The predicted molar refractivity (Wildman–Crippen MR) is 136 cm³/mol. The molecule has 34 heavy (non-hydrogen) atoms. The van der Waals surface area contributed by atoms with Gasteiger partial charge in [-0.3, -0.25) is 9.80 Å². The van der Waals surface area contributed by atoms with Crippen LogP contribution in [0.3, 0.4) is 0 Å². The first kappa shape index (κ1) is 23.2. The molecule has 0 amide bonds. The SMILES string of the molecule is Cc1ccc(C2=NOC(CN3CCN(CC(O)COc4ccc5sc(C)nc5c4)CC3)C2)cc1. The third kappa shape index (κ3) is 5.75. The lowest BCUT2D eigenvalue weighted by atomic mass is 10.0. The number of piperazine rings is 1. The number of aliphatic hydroxyl groups excluding tert-OH is 1. The van der Waals surface area contributed by atoms with E-state index in [9.17, 15) is 5.11 Å². The van der Waals surface area contributed by atoms with Gasteiger partial charge in [-0.2, -0.15) is 0 Å². The number of benzene rings is 2. The van der Waals surface area contributed by atoms with E-state index in [4.69, 9.17) is 9.57 Å². The molecule has 0 spiro atoms. The van der Waals surface area contributed by atoms with Gasteiger partial charge in [-0.1, -0.05) is 35.0 Å². The Kier molecular flexibility index (Phi) is 7.10. The van der Waals surface area contributed by atoms with E-state index in [1.807, 2.05) is 25.1 Å². The number of hydrogen-bond donors (Lipinski definition) is 1. The lowest BCUT2D eigenvalue weighted by Gasteiger charge is -2.36. The summed E-state index contributed by atoms with van der Waals surface area (Å²) in [6.07, 6.45) is 0.440. The minimum absolute atomic E-state index is 0.112. The molecule has 1 N–H and O–H groups in total. The van der Waals surface area contributed by atoms with Gasteiger partial charge in [0.1, 0.15) is 24.6 Å². The second kappa shape index (κ2) is 10.4. The average Bonchev–Trinajstić information content (AvgIpc) is 3.44. The van der Waals surface area contributed by atoms with E-state index in [2.05, 4.69) is 51.1 Å². The van der Waals surface area contributed by atoms with Crippen molar-refractivity contribution in [1.29, 1.82) is 0 Å². The lowest BCUT2D eigenvalue weighted by molar-refractivity contribution is 0.0187. The molecule has 2 unspecified atom stereocenters. The number of aryl methyl sites for hydroxylation is 2. The quantitative estimate of drug-likeness (QED) is 0.533. The van der Waals surface area contributed by atoms with Crippen LogP contribution in [0.1, 0.15) is 22.6 Å². The maximum absolute atomic E-state index is 10.5. The molecule has 2 atom stereocenters. The topological polar surface area (TPSA) is 70.4 Å². The van der Waals surface area contributed by atoms with Crippen molar-refractivity contribution in [3.63, 3.8) is 0 Å². The standard InChI is InChI=1S/C26H32N4O3S/c1-18-3-5-20(6-4-18)24-14-23(33-28-24)16-30-11-9-29(10-12-30)15-21(31)17-32-22-7-8-26-25(13-22)27-19(2)34-26/h3-8,13,21,23,31H,9-12,14-17H2,1-2H3. The highest BCUT2D eigenvalue weighted by Crippen LogP contribution is 2.25. The van der Waals surface area contributed by atoms with E-state index in [0.717, 1.165) is 71.4 Å². The molecule has 0 bridgehead atoms. The first-order chi connectivity index (χ1) is 16.5. The fraction of sp³-hybridized carbons (Fsp3) is 0.462. The third-order valence-corrected chi connectivity index (χ3v) is 7.37. The molecule has 3 aromatic rings. The van der Waals surface area contributed by atoms with Crippen LogP contribution in [0.2, 0.25) is 0 Å². The number of nitrogens with zero attached hydrogens (tertiary/aromatic N) is 4. The smallest absolute Gasteiger partial charge is 0.145 e. The van der Waals surface area contributed by atoms with Crippen LogP contribution in [0.4, 0.5) is 0 Å². The summed E-state index contributed by atoms with van der Waals surface area (Å²) in [5.74, 6) is 0.755. The Morgan fingerprint density at radius 2 is 1.85 bits per heavy atom. The van der Waals surface area contributed by atoms with Gasteiger partial charge in [-0.25, -0.2) is 4.98 Å². The zero-order chi connectivity index (χ0) is 23.5. The van der Waals surface area contributed by atoms with Crippen LogP contribution in [-0.4, -0.2) is 83.7 Å². The summed E-state index contributed by atoms with van der Waals surface area (Å²) < 4.78 is 6.99. The van der Waals surface area contributed by atoms with Crippen LogP contribution in [0.5, 0.6) is 5.75 Å². The van der Waals surface area contributed by atoms with Gasteiger partial charge in [0, 0.05) is 51.8 Å². The Bertz CT molecular complexity index is 1140. The number of fused-ring (bicyclic) bond motifs is 1. The van der Waals surface area contributed by atoms with Gasteiger partial charge in [0.2, 0.25) is 0 Å². The molecule has 0 saturated carbocycles. The summed E-state index contributed by atoms with van der Waals surface area (Å²) in [5.41, 5.74) is 4.39. The number of hydrogen-bond acceptors (Lipinski definition) is 8. The Labute approximate surface area is 204 Å². The van der Waals surface area contributed by atoms with Crippen molar-refractivity contribution < 1.29 is 14.7 Å². The number of aliphatic hydroxyl groups is 1. The molecule has 3 heterocycles. The van der Waals surface area contributed by atoms with Gasteiger partial charge in [0.05, 0.1) is 20.9 Å². The Balaban J connectivity index is 1.01. The van der Waals surface area contributed by atoms with Crippen molar-refractivity contribution in [2.45, 2.75) is 32.5 Å². The normalized spacial score (nSPS) is 20.3. The van der Waals surface area contributed by atoms with E-state index >= 15 is 0 Å². The number of aromatic nitrogens is 1. The zero-order valence-corrected chi connectivity index (χ0v) is 20.6. The number of thiazole rings is 1. The Morgan fingerprint density at radius 1 is 1.09 bits per heavy atom. The van der Waals surface area contributed by atoms with Crippen molar-refractivity contribution in [3.8, 4) is 5.75 Å². The monoisotopic (exact) mass is 480 g/mol. The fourth-order valence-electron chi connectivity index (χ4n) is 4.54. The van der Waals surface area contributed by atoms with Gasteiger partial charge in [0.25, 0.3) is 0 Å². The molecule has 180 valence electrons. The molecule has 5 rings (SSSR count). The minimum Gasteiger partial charge on any atom is -0.491 e. The van der Waals surface area contributed by atoms with E-state index in [-0.39, 0.29) is 12.7 Å². The second-order valence-electron chi connectivity index (χ2n) is 9.26. The van der Waals surface area contributed by atoms with E-state index in [0.29, 0.717) is 6.54 Å². The second-order valence-corrected chi connectivity index (χ2v) is 10.5. The number of β-amino-alcohol motifs (C(OH)–C–C–N with tert-alkyl or cyclic N) is 1. The summed E-state index contributed by atoms with van der Waals surface area (Å²) in [6.45, 7) is 9.67. The van der Waals surface area contributed by atoms with Crippen molar-refractivity contribution in [3.05, 3.63) is 58.6 Å². The molecule has 7 nitrogen and oxygen atoms in total. The maximum atomic E-state index is 10.5. The van der Waals surface area contributed by atoms with Gasteiger partial charge in [0.15, 0.2) is 0 Å². The summed E-state index contributed by atoms with van der Waals surface area (Å²) in [5, 5.41) is 15.9. The van der Waals surface area contributed by atoms with Crippen LogP contribution >= 0.6 is 11.3 Å². The van der Waals surface area contributed by atoms with Crippen LogP contribution in [-0.2, 0) is 4.84 Å². The third-order valence-electron chi connectivity index (χ3n) is 6.42. The van der Waals surface area contributed by atoms with Crippen molar-refractivity contribution in [2.24, 2.45) is 5.16 Å². The molecule has 8 heteroatoms. The number of rotatable bonds is 8. The van der Waals surface area contributed by atoms with Crippen LogP contribution in [0, 0.1) is 13.8 Å². The molecule has 1 fully saturated rings. The predicted octanol–water partition coefficient (Wildman–Crippen LogP) is 3.46. The summed E-state index contributed by atoms with van der Waals surface area (Å²) in [7, 11) is 0. The van der Waals surface area contributed by atoms with Crippen LogP contribution in [0.25, 0.3) is 10.2 Å². The van der Waals surface area contributed by atoms with E-state index < -0.39 is 6.10 Å². The first-order valence-electron chi connectivity index (χ1n) is 11.9. The minimum atomic E-state index is -0.525. The van der Waals surface area contributed by atoms with Gasteiger partial charge in [-0.05, 0) is 31.5 Å². The highest BCUT2D eigenvalue weighted by Gasteiger charge is 2.27. The van der Waals surface area contributed by atoms with Gasteiger partial charge >= 0.3 is 0 Å². The molecule has 2 aliphatic heterocycles. The number of ether oxygens (including phenoxy) is 1. The highest BCUT2D eigenvalue weighted by atomic mass is 32.1. The molecule has 2 aliphatic rings. The molecular formula is C26H32N4O3S. The average molecular weight is 481 g/mol. The first-order valence-corrected chi connectivity index (χ1v) is 12.8. The molecule has 0 radical (unpaired) electrons. The van der Waals surface area contributed by atoms with Gasteiger partial charge < -0.3 is 14.7 Å². The molecule has 2 aromatic carbocycles. The van der Waals surface area contributed by atoms with Crippen LogP contribution < -0.4 is 4.74 Å². The zero-order valence-electron chi connectivity index (χ0n) is 19.8. The number of oxime groups is 1. The maximum Gasteiger partial charge on any atom is 0.145 e. The van der Waals surface area contributed by atoms with E-state index in [1.165, 1.54) is 5.56 Å². The summed E-state index contributed by atoms with van der Waals surface area (Å²) in [6, 6.07) is 14.4. The van der Waals surface area contributed by atoms with Crippen molar-refractivity contribution >= 4 is 27.3 Å². The molecular weight excluding hydrogens is 448 g/mol. The Hall–Kier alpha value is -2.52. The van der Waals surface area contributed by atoms with Gasteiger partial charge in [-0.15, -0.1) is 11.3 Å². The largest absolute Gasteiger partial charge is 0.491 e. The van der Waals surface area contributed by atoms with Crippen LogP contribution in [0.15, 0.2) is 47.6 Å².